The van der Waals surface area contributed by atoms with E-state index in [0.29, 0.717) is 18.1 Å². The average Bonchev–Trinajstić information content (AvgIpc) is 2.47. The topological polar surface area (TPSA) is 46.5 Å². The molecule has 2 aromatic carbocycles. The van der Waals surface area contributed by atoms with Crippen molar-refractivity contribution in [3.05, 3.63) is 65.2 Å². The maximum atomic E-state index is 10.2. The van der Waals surface area contributed by atoms with E-state index in [0.717, 1.165) is 11.3 Å². The highest BCUT2D eigenvalue weighted by Crippen LogP contribution is 2.21. The fourth-order valence-corrected chi connectivity index (χ4v) is 1.79. The van der Waals surface area contributed by atoms with Crippen LogP contribution >= 0.6 is 11.6 Å². The fraction of sp³-hybridized carbons (Fsp3) is 0.235. The van der Waals surface area contributed by atoms with Gasteiger partial charge in [-0.05, 0) is 37.1 Å². The Hall–Kier alpha value is -2.00. The van der Waals surface area contributed by atoms with Gasteiger partial charge in [-0.15, -0.1) is 0 Å². The molecular weight excluding hydrogens is 288 g/mol. The summed E-state index contributed by atoms with van der Waals surface area (Å²) in [4.78, 5) is 10.2. The summed E-state index contributed by atoms with van der Waals surface area (Å²) in [5, 5.41) is 9.10. The van der Waals surface area contributed by atoms with Gasteiger partial charge >= 0.3 is 5.97 Å². The van der Waals surface area contributed by atoms with Gasteiger partial charge in [-0.1, -0.05) is 48.0 Å². The molecule has 0 heterocycles. The molecule has 0 aliphatic heterocycles. The lowest BCUT2D eigenvalue weighted by Gasteiger charge is -2.08. The molecule has 2 rings (SSSR count). The molecule has 0 unspecified atom stereocenters. The molecule has 1 N–H and O–H groups in total. The highest BCUT2D eigenvalue weighted by Gasteiger charge is 2.01. The second-order valence-electron chi connectivity index (χ2n) is 4.41. The van der Waals surface area contributed by atoms with Crippen LogP contribution in [0.4, 0.5) is 0 Å². The van der Waals surface area contributed by atoms with Gasteiger partial charge in [-0.3, -0.25) is 4.79 Å². The predicted octanol–water partition coefficient (Wildman–Crippen LogP) is 4.58. The maximum absolute atomic E-state index is 10.2. The average molecular weight is 307 g/mol. The lowest BCUT2D eigenvalue weighted by atomic mass is 10.2. The van der Waals surface area contributed by atoms with E-state index in [9.17, 15) is 4.79 Å². The molecule has 0 saturated carbocycles. The number of benzene rings is 2. The second kappa shape index (κ2) is 9.83. The molecule has 3 nitrogen and oxygen atoms in total. The van der Waals surface area contributed by atoms with E-state index in [1.165, 1.54) is 0 Å². The predicted molar refractivity (Wildman–Crippen MR) is 85.0 cm³/mol. The van der Waals surface area contributed by atoms with Gasteiger partial charge in [0.1, 0.15) is 5.75 Å². The summed E-state index contributed by atoms with van der Waals surface area (Å²) in [5.41, 5.74) is 0.956. The van der Waals surface area contributed by atoms with Gasteiger partial charge in [0.2, 0.25) is 0 Å². The third kappa shape index (κ3) is 8.00. The van der Waals surface area contributed by atoms with Gasteiger partial charge in [-0.25, -0.2) is 0 Å². The van der Waals surface area contributed by atoms with Crippen molar-refractivity contribution in [3.8, 4) is 5.75 Å². The van der Waals surface area contributed by atoms with E-state index >= 15 is 0 Å². The standard InChI is InChI=1S/C11H13ClO3.C6H6/c1-8-7-9(12)4-5-10(8)15-6-2-3-11(13)14;1-2-4-6-5-3-1/h4-5,7H,2-3,6H2,1H3,(H,13,14);1-6H. The minimum Gasteiger partial charge on any atom is -0.493 e. The van der Waals surface area contributed by atoms with E-state index in [1.807, 2.05) is 49.4 Å². The number of halogens is 1. The normalized spacial score (nSPS) is 9.43. The van der Waals surface area contributed by atoms with Crippen LogP contribution in [0.25, 0.3) is 0 Å². The van der Waals surface area contributed by atoms with Crippen molar-refractivity contribution in [2.24, 2.45) is 0 Å². The van der Waals surface area contributed by atoms with Crippen LogP contribution < -0.4 is 4.74 Å². The number of aliphatic carboxylic acids is 1. The lowest BCUT2D eigenvalue weighted by Crippen LogP contribution is -2.02. The highest BCUT2D eigenvalue weighted by atomic mass is 35.5. The Balaban J connectivity index is 0.000000304. The molecule has 0 amide bonds. The number of hydrogen-bond acceptors (Lipinski definition) is 2. The number of carboxylic acid groups (broad SMARTS) is 1. The highest BCUT2D eigenvalue weighted by molar-refractivity contribution is 6.30. The zero-order chi connectivity index (χ0) is 15.5. The minimum absolute atomic E-state index is 0.132. The Labute approximate surface area is 130 Å². The molecule has 0 aliphatic carbocycles. The molecule has 2 aromatic rings. The van der Waals surface area contributed by atoms with Crippen LogP contribution in [0.2, 0.25) is 5.02 Å². The molecule has 0 fully saturated rings. The molecule has 0 radical (unpaired) electrons. The first-order chi connectivity index (χ1) is 10.1. The lowest BCUT2D eigenvalue weighted by molar-refractivity contribution is -0.137. The largest absolute Gasteiger partial charge is 0.493 e. The summed E-state index contributed by atoms with van der Waals surface area (Å²) in [7, 11) is 0. The summed E-state index contributed by atoms with van der Waals surface area (Å²) < 4.78 is 5.42. The number of ether oxygens (including phenoxy) is 1. The first kappa shape index (κ1) is 17.1. The van der Waals surface area contributed by atoms with Crippen LogP contribution in [-0.4, -0.2) is 17.7 Å². The zero-order valence-corrected chi connectivity index (χ0v) is 12.7. The van der Waals surface area contributed by atoms with E-state index in [4.69, 9.17) is 21.4 Å². The number of carbonyl (C=O) groups is 1. The number of carboxylic acids is 1. The Kier molecular flexibility index (Phi) is 7.99. The summed E-state index contributed by atoms with van der Waals surface area (Å²) in [6, 6.07) is 17.4. The van der Waals surface area contributed by atoms with Crippen molar-refractivity contribution in [2.45, 2.75) is 19.8 Å². The first-order valence-electron chi connectivity index (χ1n) is 6.70. The molecule has 0 atom stereocenters. The molecule has 21 heavy (non-hydrogen) atoms. The van der Waals surface area contributed by atoms with Crippen molar-refractivity contribution >= 4 is 17.6 Å². The molecule has 0 bridgehead atoms. The Morgan fingerprint density at radius 2 is 1.71 bits per heavy atom. The third-order valence-corrected chi connectivity index (χ3v) is 2.83. The summed E-state index contributed by atoms with van der Waals surface area (Å²) in [5.74, 6) is -0.0452. The Bertz CT molecular complexity index is 514. The minimum atomic E-state index is -0.800. The van der Waals surface area contributed by atoms with Crippen LogP contribution in [0.3, 0.4) is 0 Å². The zero-order valence-electron chi connectivity index (χ0n) is 12.0. The van der Waals surface area contributed by atoms with Crippen molar-refractivity contribution in [1.29, 1.82) is 0 Å². The number of rotatable bonds is 5. The van der Waals surface area contributed by atoms with E-state index < -0.39 is 5.97 Å². The van der Waals surface area contributed by atoms with E-state index in [1.54, 1.807) is 12.1 Å². The van der Waals surface area contributed by atoms with E-state index in [-0.39, 0.29) is 6.42 Å². The fourth-order valence-electron chi connectivity index (χ4n) is 1.57. The quantitative estimate of drug-likeness (QED) is 0.823. The van der Waals surface area contributed by atoms with Gasteiger partial charge in [0.25, 0.3) is 0 Å². The van der Waals surface area contributed by atoms with Gasteiger partial charge in [0.05, 0.1) is 6.61 Å². The van der Waals surface area contributed by atoms with Crippen LogP contribution in [0, 0.1) is 6.92 Å². The van der Waals surface area contributed by atoms with Crippen LogP contribution in [0.1, 0.15) is 18.4 Å². The van der Waals surface area contributed by atoms with Crippen LogP contribution in [0.15, 0.2) is 54.6 Å². The van der Waals surface area contributed by atoms with Crippen molar-refractivity contribution in [1.82, 2.24) is 0 Å². The van der Waals surface area contributed by atoms with Crippen molar-refractivity contribution < 1.29 is 14.6 Å². The summed E-state index contributed by atoms with van der Waals surface area (Å²) >= 11 is 5.79. The van der Waals surface area contributed by atoms with Gasteiger partial charge in [0.15, 0.2) is 0 Å². The molecule has 0 saturated heterocycles. The number of aryl methyl sites for hydroxylation is 1. The molecule has 0 aromatic heterocycles. The summed E-state index contributed by atoms with van der Waals surface area (Å²) in [6.07, 6.45) is 0.643. The van der Waals surface area contributed by atoms with Crippen LogP contribution in [0.5, 0.6) is 5.75 Å². The van der Waals surface area contributed by atoms with Crippen molar-refractivity contribution in [2.75, 3.05) is 6.61 Å². The summed E-state index contributed by atoms with van der Waals surface area (Å²) in [6.45, 7) is 2.31. The van der Waals surface area contributed by atoms with Gasteiger partial charge in [-0.2, -0.15) is 0 Å². The molecule has 0 spiro atoms. The van der Waals surface area contributed by atoms with Gasteiger partial charge in [0, 0.05) is 11.4 Å². The van der Waals surface area contributed by atoms with Crippen molar-refractivity contribution in [3.63, 3.8) is 0 Å². The Morgan fingerprint density at radius 1 is 1.14 bits per heavy atom. The van der Waals surface area contributed by atoms with Crippen LogP contribution in [-0.2, 0) is 4.79 Å². The number of hydrogen-bond donors (Lipinski definition) is 1. The molecular formula is C17H19ClO3. The second-order valence-corrected chi connectivity index (χ2v) is 4.85. The van der Waals surface area contributed by atoms with Gasteiger partial charge < -0.3 is 9.84 Å². The Morgan fingerprint density at radius 3 is 2.19 bits per heavy atom. The maximum Gasteiger partial charge on any atom is 0.303 e. The molecule has 0 aliphatic rings. The molecule has 112 valence electrons. The monoisotopic (exact) mass is 306 g/mol. The first-order valence-corrected chi connectivity index (χ1v) is 7.08. The molecule has 4 heteroatoms. The smallest absolute Gasteiger partial charge is 0.303 e. The third-order valence-electron chi connectivity index (χ3n) is 2.60. The van der Waals surface area contributed by atoms with E-state index in [2.05, 4.69) is 0 Å². The SMILES string of the molecule is Cc1cc(Cl)ccc1OCCCC(=O)O.c1ccccc1.